The van der Waals surface area contributed by atoms with E-state index in [9.17, 15) is 17.6 Å². The Kier molecular flexibility index (Phi) is 7.73. The monoisotopic (exact) mass is 418 g/mol. The van der Waals surface area contributed by atoms with E-state index < -0.39 is 18.4 Å². The smallest absolute Gasteiger partial charge is 0.389 e. The van der Waals surface area contributed by atoms with E-state index in [1.807, 2.05) is 11.8 Å². The van der Waals surface area contributed by atoms with Crippen molar-refractivity contribution in [1.82, 2.24) is 14.8 Å². The third-order valence-electron chi connectivity index (χ3n) is 3.86. The van der Waals surface area contributed by atoms with Crippen molar-refractivity contribution in [3.8, 4) is 11.6 Å². The van der Waals surface area contributed by atoms with Gasteiger partial charge in [-0.25, -0.2) is 9.07 Å². The number of hydrogen-bond donors (Lipinski definition) is 0. The highest BCUT2D eigenvalue weighted by molar-refractivity contribution is 7.99. The van der Waals surface area contributed by atoms with Crippen LogP contribution in [0.3, 0.4) is 0 Å². The SMILES string of the molecule is C=C(CCSCCC(F)(F)F)N(CC)c1cn(-c2cncc(F)c2)nc1OC. The molecule has 0 aliphatic rings. The van der Waals surface area contributed by atoms with Crippen LogP contribution in [0.2, 0.25) is 0 Å². The summed E-state index contributed by atoms with van der Waals surface area (Å²) in [6.45, 7) is 6.53. The van der Waals surface area contributed by atoms with Gasteiger partial charge in [-0.2, -0.15) is 24.9 Å². The molecule has 0 aromatic carbocycles. The fourth-order valence-electron chi connectivity index (χ4n) is 2.52. The molecule has 0 saturated heterocycles. The lowest BCUT2D eigenvalue weighted by molar-refractivity contribution is -0.129. The summed E-state index contributed by atoms with van der Waals surface area (Å²) >= 11 is 1.24. The van der Waals surface area contributed by atoms with Gasteiger partial charge in [-0.3, -0.25) is 4.98 Å². The zero-order valence-electron chi connectivity index (χ0n) is 15.7. The molecule has 0 saturated carbocycles. The molecule has 0 unspecified atom stereocenters. The molecule has 0 fully saturated rings. The summed E-state index contributed by atoms with van der Waals surface area (Å²) in [7, 11) is 1.48. The van der Waals surface area contributed by atoms with E-state index in [2.05, 4.69) is 16.7 Å². The lowest BCUT2D eigenvalue weighted by Crippen LogP contribution is -2.22. The molecule has 0 bridgehead atoms. The van der Waals surface area contributed by atoms with E-state index in [-0.39, 0.29) is 5.75 Å². The van der Waals surface area contributed by atoms with Crippen LogP contribution in [0.15, 0.2) is 36.9 Å². The van der Waals surface area contributed by atoms with Crippen molar-refractivity contribution in [2.45, 2.75) is 25.9 Å². The highest BCUT2D eigenvalue weighted by Gasteiger charge is 2.26. The molecule has 0 amide bonds. The van der Waals surface area contributed by atoms with Gasteiger partial charge in [0.2, 0.25) is 0 Å². The van der Waals surface area contributed by atoms with Crippen LogP contribution >= 0.6 is 11.8 Å². The minimum absolute atomic E-state index is 0.0245. The van der Waals surface area contributed by atoms with Gasteiger partial charge in [-0.1, -0.05) is 6.58 Å². The standard InChI is InChI=1S/C18H22F4N4OS/c1-4-25(13(2)5-7-28-8-6-18(20,21)22)16-12-26(24-17(16)27-3)15-9-14(19)10-23-11-15/h9-12H,2,4-8H2,1,3H3. The molecule has 0 aliphatic heterocycles. The molecular weight excluding hydrogens is 396 g/mol. The number of hydrogen-bond acceptors (Lipinski definition) is 5. The van der Waals surface area contributed by atoms with Gasteiger partial charge in [0.25, 0.3) is 5.88 Å². The van der Waals surface area contributed by atoms with Gasteiger partial charge >= 0.3 is 6.18 Å². The molecule has 2 aromatic rings. The minimum atomic E-state index is -4.13. The van der Waals surface area contributed by atoms with Crippen molar-refractivity contribution in [2.24, 2.45) is 0 Å². The summed E-state index contributed by atoms with van der Waals surface area (Å²) in [6.07, 6.45) is -0.159. The molecule has 2 heterocycles. The number of allylic oxidation sites excluding steroid dienone is 1. The van der Waals surface area contributed by atoms with Crippen molar-refractivity contribution in [1.29, 1.82) is 0 Å². The maximum Gasteiger partial charge on any atom is 0.389 e. The summed E-state index contributed by atoms with van der Waals surface area (Å²) in [4.78, 5) is 5.68. The third kappa shape index (κ3) is 6.15. The Morgan fingerprint density at radius 2 is 2.07 bits per heavy atom. The second-order valence-corrected chi connectivity index (χ2v) is 7.09. The van der Waals surface area contributed by atoms with E-state index in [0.29, 0.717) is 36.0 Å². The van der Waals surface area contributed by atoms with Gasteiger partial charge < -0.3 is 9.64 Å². The predicted octanol–water partition coefficient (Wildman–Crippen LogP) is 4.83. The minimum Gasteiger partial charge on any atom is -0.478 e. The van der Waals surface area contributed by atoms with Crippen LogP contribution in [-0.2, 0) is 0 Å². The number of anilines is 1. The number of methoxy groups -OCH3 is 1. The van der Waals surface area contributed by atoms with Crippen molar-refractivity contribution >= 4 is 17.4 Å². The van der Waals surface area contributed by atoms with Gasteiger partial charge in [0.05, 0.1) is 37.8 Å². The molecule has 0 atom stereocenters. The lowest BCUT2D eigenvalue weighted by Gasteiger charge is -2.24. The Morgan fingerprint density at radius 1 is 1.32 bits per heavy atom. The summed E-state index contributed by atoms with van der Waals surface area (Å²) in [5, 5.41) is 4.30. The predicted molar refractivity (Wildman–Crippen MR) is 103 cm³/mol. The fraction of sp³-hybridized carbons (Fsp3) is 0.444. The highest BCUT2D eigenvalue weighted by Crippen LogP contribution is 2.31. The number of halogens is 4. The van der Waals surface area contributed by atoms with Gasteiger partial charge in [-0.15, -0.1) is 5.10 Å². The van der Waals surface area contributed by atoms with Crippen LogP contribution < -0.4 is 9.64 Å². The van der Waals surface area contributed by atoms with Crippen LogP contribution in [0.4, 0.5) is 23.2 Å². The van der Waals surface area contributed by atoms with Crippen molar-refractivity contribution in [3.63, 3.8) is 0 Å². The second-order valence-electron chi connectivity index (χ2n) is 5.87. The Bertz CT molecular complexity index is 794. The molecule has 0 spiro atoms. The summed E-state index contributed by atoms with van der Waals surface area (Å²) < 4.78 is 56.8. The Labute approximate surface area is 165 Å². The largest absolute Gasteiger partial charge is 0.478 e. The number of ether oxygens (including phenoxy) is 1. The van der Waals surface area contributed by atoms with E-state index in [4.69, 9.17) is 4.74 Å². The number of pyridine rings is 1. The normalized spacial score (nSPS) is 11.5. The zero-order chi connectivity index (χ0) is 20.7. The molecule has 28 heavy (non-hydrogen) atoms. The van der Waals surface area contributed by atoms with Crippen LogP contribution in [0.5, 0.6) is 5.88 Å². The van der Waals surface area contributed by atoms with Gasteiger partial charge in [-0.05, 0) is 19.1 Å². The summed E-state index contributed by atoms with van der Waals surface area (Å²) in [5.41, 5.74) is 1.81. The summed E-state index contributed by atoms with van der Waals surface area (Å²) in [5.74, 6) is 0.394. The third-order valence-corrected chi connectivity index (χ3v) is 4.85. The van der Waals surface area contributed by atoms with Crippen LogP contribution in [0.1, 0.15) is 19.8 Å². The first-order valence-electron chi connectivity index (χ1n) is 8.59. The van der Waals surface area contributed by atoms with E-state index >= 15 is 0 Å². The lowest BCUT2D eigenvalue weighted by atomic mass is 10.3. The number of alkyl halides is 3. The van der Waals surface area contributed by atoms with E-state index in [0.717, 1.165) is 11.9 Å². The maximum absolute atomic E-state index is 13.4. The quantitative estimate of drug-likeness (QED) is 0.408. The molecule has 0 radical (unpaired) electrons. The average Bonchev–Trinajstić information content (AvgIpc) is 3.05. The molecule has 2 rings (SSSR count). The van der Waals surface area contributed by atoms with Crippen molar-refractivity contribution in [3.05, 3.63) is 42.8 Å². The molecular formula is C18H22F4N4OS. The van der Waals surface area contributed by atoms with E-state index in [1.165, 1.54) is 35.8 Å². The second kappa shape index (κ2) is 9.81. The molecule has 154 valence electrons. The first-order valence-corrected chi connectivity index (χ1v) is 9.75. The zero-order valence-corrected chi connectivity index (χ0v) is 16.5. The first-order chi connectivity index (χ1) is 13.2. The highest BCUT2D eigenvalue weighted by atomic mass is 32.2. The Hall–Kier alpha value is -2.23. The van der Waals surface area contributed by atoms with Crippen LogP contribution in [-0.4, -0.2) is 46.1 Å². The molecule has 2 aromatic heterocycles. The van der Waals surface area contributed by atoms with Gasteiger partial charge in [0.1, 0.15) is 11.5 Å². The van der Waals surface area contributed by atoms with E-state index in [1.54, 1.807) is 6.20 Å². The van der Waals surface area contributed by atoms with Gasteiger partial charge in [0.15, 0.2) is 0 Å². The van der Waals surface area contributed by atoms with Crippen molar-refractivity contribution < 1.29 is 22.3 Å². The number of rotatable bonds is 10. The van der Waals surface area contributed by atoms with Crippen LogP contribution in [0.25, 0.3) is 5.69 Å². The topological polar surface area (TPSA) is 43.2 Å². The first kappa shape index (κ1) is 22.1. The van der Waals surface area contributed by atoms with Gasteiger partial charge in [0, 0.05) is 24.1 Å². The number of thioether (sulfide) groups is 1. The van der Waals surface area contributed by atoms with Crippen LogP contribution in [0, 0.1) is 5.82 Å². The average molecular weight is 418 g/mol. The number of aromatic nitrogens is 3. The molecule has 0 N–H and O–H groups in total. The molecule has 10 heteroatoms. The van der Waals surface area contributed by atoms with Crippen molar-refractivity contribution in [2.75, 3.05) is 30.1 Å². The summed E-state index contributed by atoms with van der Waals surface area (Å²) in [6, 6.07) is 1.30. The maximum atomic E-state index is 13.4. The molecule has 0 aliphatic carbocycles. The fourth-order valence-corrected chi connectivity index (χ4v) is 3.48. The number of nitrogens with zero attached hydrogens (tertiary/aromatic N) is 4. The molecule has 5 nitrogen and oxygen atoms in total. The Balaban J connectivity index is 2.07. The Morgan fingerprint density at radius 3 is 2.68 bits per heavy atom.